The fourth-order valence-electron chi connectivity index (χ4n) is 3.58. The van der Waals surface area contributed by atoms with E-state index in [1.54, 1.807) is 0 Å². The topological polar surface area (TPSA) is 43.2 Å². The molecule has 0 amide bonds. The van der Waals surface area contributed by atoms with Crippen molar-refractivity contribution in [2.45, 2.75) is 39.0 Å². The van der Waals surface area contributed by atoms with Crippen molar-refractivity contribution in [3.63, 3.8) is 0 Å². The molecule has 1 unspecified atom stereocenters. The molecule has 27 heavy (non-hydrogen) atoms. The third-order valence-electron chi connectivity index (χ3n) is 5.07. The van der Waals surface area contributed by atoms with Gasteiger partial charge in [0.05, 0.1) is 29.8 Å². The summed E-state index contributed by atoms with van der Waals surface area (Å²) in [5.74, 6) is 0. The summed E-state index contributed by atoms with van der Waals surface area (Å²) in [4.78, 5) is 6.82. The molecule has 0 saturated carbocycles. The Balaban J connectivity index is 1.36. The first-order valence-corrected chi connectivity index (χ1v) is 9.62. The molecule has 5 nitrogen and oxygen atoms in total. The van der Waals surface area contributed by atoms with Gasteiger partial charge in [-0.15, -0.1) is 0 Å². The molecule has 1 aliphatic heterocycles. The summed E-state index contributed by atoms with van der Waals surface area (Å²) in [6, 6.07) is 16.2. The van der Waals surface area contributed by atoms with Gasteiger partial charge in [-0.1, -0.05) is 24.3 Å². The molecule has 5 heteroatoms. The van der Waals surface area contributed by atoms with Crippen LogP contribution in [0, 0.1) is 6.92 Å². The van der Waals surface area contributed by atoms with Gasteiger partial charge >= 0.3 is 0 Å². The summed E-state index contributed by atoms with van der Waals surface area (Å²) in [7, 11) is 0. The predicted octanol–water partition coefficient (Wildman–Crippen LogP) is 3.76. The van der Waals surface area contributed by atoms with E-state index in [1.807, 2.05) is 47.3 Å². The summed E-state index contributed by atoms with van der Waals surface area (Å²) < 4.78 is 8.09. The number of aromatic nitrogens is 3. The first-order chi connectivity index (χ1) is 13.3. The van der Waals surface area contributed by atoms with Crippen LogP contribution in [0.2, 0.25) is 0 Å². The second-order valence-electron chi connectivity index (χ2n) is 7.15. The van der Waals surface area contributed by atoms with Crippen molar-refractivity contribution in [3.8, 4) is 5.69 Å². The van der Waals surface area contributed by atoms with Crippen LogP contribution in [0.4, 0.5) is 0 Å². The molecule has 1 aliphatic rings. The Labute approximate surface area is 160 Å². The van der Waals surface area contributed by atoms with Crippen molar-refractivity contribution in [2.75, 3.05) is 13.1 Å². The van der Waals surface area contributed by atoms with E-state index < -0.39 is 0 Å². The lowest BCUT2D eigenvalue weighted by Gasteiger charge is -2.32. The number of pyridine rings is 1. The Kier molecular flexibility index (Phi) is 5.61. The highest BCUT2D eigenvalue weighted by atomic mass is 16.5. The lowest BCUT2D eigenvalue weighted by Crippen LogP contribution is -2.39. The zero-order valence-electron chi connectivity index (χ0n) is 15.8. The quantitative estimate of drug-likeness (QED) is 0.670. The number of para-hydroxylation sites is 1. The number of aryl methyl sites for hydroxylation is 1. The van der Waals surface area contributed by atoms with Gasteiger partial charge < -0.3 is 4.74 Å². The molecule has 4 rings (SSSR count). The average Bonchev–Trinajstić information content (AvgIpc) is 3.09. The SMILES string of the molecule is Cc1nn(-c2ccccc2)cc1CN1CCCC(OCc2ccccn2)C1. The highest BCUT2D eigenvalue weighted by Crippen LogP contribution is 2.19. The van der Waals surface area contributed by atoms with E-state index in [0.29, 0.717) is 6.61 Å². The molecular weight excluding hydrogens is 336 g/mol. The van der Waals surface area contributed by atoms with Gasteiger partial charge in [-0.25, -0.2) is 4.68 Å². The van der Waals surface area contributed by atoms with Crippen molar-refractivity contribution in [1.29, 1.82) is 0 Å². The summed E-state index contributed by atoms with van der Waals surface area (Å²) in [6.07, 6.45) is 6.53. The fourth-order valence-corrected chi connectivity index (χ4v) is 3.58. The molecule has 0 bridgehead atoms. The highest BCUT2D eigenvalue weighted by Gasteiger charge is 2.22. The molecule has 0 aliphatic carbocycles. The van der Waals surface area contributed by atoms with Gasteiger partial charge in [-0.2, -0.15) is 5.10 Å². The van der Waals surface area contributed by atoms with Gasteiger partial charge in [0, 0.05) is 31.0 Å². The van der Waals surface area contributed by atoms with Crippen LogP contribution >= 0.6 is 0 Å². The van der Waals surface area contributed by atoms with E-state index in [-0.39, 0.29) is 6.10 Å². The molecule has 140 valence electrons. The molecule has 3 aromatic rings. The molecule has 1 fully saturated rings. The number of nitrogens with zero attached hydrogens (tertiary/aromatic N) is 4. The minimum atomic E-state index is 0.269. The number of ether oxygens (including phenoxy) is 1. The van der Waals surface area contributed by atoms with Crippen molar-refractivity contribution < 1.29 is 4.74 Å². The van der Waals surface area contributed by atoms with E-state index in [0.717, 1.165) is 43.1 Å². The summed E-state index contributed by atoms with van der Waals surface area (Å²) in [5, 5.41) is 4.69. The van der Waals surface area contributed by atoms with Crippen LogP contribution in [0.1, 0.15) is 29.8 Å². The Morgan fingerprint density at radius 2 is 1.96 bits per heavy atom. The van der Waals surface area contributed by atoms with Gasteiger partial charge in [0.2, 0.25) is 0 Å². The molecule has 0 spiro atoms. The number of piperidine rings is 1. The van der Waals surface area contributed by atoms with Crippen LogP contribution in [0.25, 0.3) is 5.69 Å². The molecule has 1 atom stereocenters. The number of hydrogen-bond acceptors (Lipinski definition) is 4. The number of likely N-dealkylation sites (tertiary alicyclic amines) is 1. The Morgan fingerprint density at radius 1 is 1.11 bits per heavy atom. The second kappa shape index (κ2) is 8.46. The minimum absolute atomic E-state index is 0.269. The number of hydrogen-bond donors (Lipinski definition) is 0. The number of benzene rings is 1. The van der Waals surface area contributed by atoms with Gasteiger partial charge in [0.15, 0.2) is 0 Å². The second-order valence-corrected chi connectivity index (χ2v) is 7.15. The van der Waals surface area contributed by atoms with Crippen LogP contribution in [0.5, 0.6) is 0 Å². The van der Waals surface area contributed by atoms with Gasteiger partial charge in [0.25, 0.3) is 0 Å². The average molecular weight is 362 g/mol. The van der Waals surface area contributed by atoms with Crippen molar-refractivity contribution in [1.82, 2.24) is 19.7 Å². The minimum Gasteiger partial charge on any atom is -0.371 e. The third kappa shape index (κ3) is 4.62. The first kappa shape index (κ1) is 17.9. The lowest BCUT2D eigenvalue weighted by molar-refractivity contribution is -0.0133. The highest BCUT2D eigenvalue weighted by molar-refractivity contribution is 5.32. The van der Waals surface area contributed by atoms with Gasteiger partial charge in [0.1, 0.15) is 0 Å². The normalized spacial score (nSPS) is 17.9. The predicted molar refractivity (Wildman–Crippen MR) is 106 cm³/mol. The molecular formula is C22H26N4O. The molecule has 0 N–H and O–H groups in total. The third-order valence-corrected chi connectivity index (χ3v) is 5.07. The standard InChI is InChI=1S/C22H26N4O/c1-18-19(15-26(24-18)21-9-3-2-4-10-21)14-25-13-7-11-22(16-25)27-17-20-8-5-6-12-23-20/h2-6,8-10,12,15,22H,7,11,13-14,16-17H2,1H3. The van der Waals surface area contributed by atoms with Crippen molar-refractivity contribution >= 4 is 0 Å². The summed E-state index contributed by atoms with van der Waals surface area (Å²) in [6.45, 7) is 5.67. The first-order valence-electron chi connectivity index (χ1n) is 9.62. The maximum atomic E-state index is 6.12. The molecule has 3 heterocycles. The Morgan fingerprint density at radius 3 is 2.78 bits per heavy atom. The molecule has 2 aromatic heterocycles. The summed E-state index contributed by atoms with van der Waals surface area (Å²) >= 11 is 0. The zero-order valence-corrected chi connectivity index (χ0v) is 15.8. The Hall–Kier alpha value is -2.50. The number of rotatable bonds is 6. The van der Waals surface area contributed by atoms with Crippen LogP contribution in [-0.2, 0) is 17.9 Å². The monoisotopic (exact) mass is 362 g/mol. The van der Waals surface area contributed by atoms with Gasteiger partial charge in [-0.05, 0) is 50.6 Å². The van der Waals surface area contributed by atoms with Gasteiger partial charge in [-0.3, -0.25) is 9.88 Å². The lowest BCUT2D eigenvalue weighted by atomic mass is 10.1. The van der Waals surface area contributed by atoms with Crippen LogP contribution < -0.4 is 0 Å². The van der Waals surface area contributed by atoms with Crippen molar-refractivity contribution in [3.05, 3.63) is 77.9 Å². The fraction of sp³-hybridized carbons (Fsp3) is 0.364. The van der Waals surface area contributed by atoms with Crippen LogP contribution in [0.3, 0.4) is 0 Å². The van der Waals surface area contributed by atoms with Crippen LogP contribution in [-0.4, -0.2) is 38.9 Å². The van der Waals surface area contributed by atoms with E-state index in [1.165, 1.54) is 12.0 Å². The largest absolute Gasteiger partial charge is 0.371 e. The maximum absolute atomic E-state index is 6.12. The van der Waals surface area contributed by atoms with Crippen molar-refractivity contribution in [2.24, 2.45) is 0 Å². The van der Waals surface area contributed by atoms with E-state index in [4.69, 9.17) is 9.84 Å². The molecule has 1 aromatic carbocycles. The zero-order chi connectivity index (χ0) is 18.5. The van der Waals surface area contributed by atoms with E-state index in [2.05, 4.69) is 35.1 Å². The summed E-state index contributed by atoms with van der Waals surface area (Å²) in [5.41, 5.74) is 4.47. The molecule has 1 saturated heterocycles. The molecule has 0 radical (unpaired) electrons. The van der Waals surface area contributed by atoms with E-state index in [9.17, 15) is 0 Å². The van der Waals surface area contributed by atoms with E-state index >= 15 is 0 Å². The van der Waals surface area contributed by atoms with Crippen LogP contribution in [0.15, 0.2) is 60.9 Å². The smallest absolute Gasteiger partial charge is 0.0892 e. The Bertz CT molecular complexity index is 847. The maximum Gasteiger partial charge on any atom is 0.0892 e.